The second-order valence-corrected chi connectivity index (χ2v) is 7.56. The van der Waals surface area contributed by atoms with Gasteiger partial charge in [-0.15, -0.1) is 0 Å². The minimum absolute atomic E-state index is 0.184. The van der Waals surface area contributed by atoms with Crippen molar-refractivity contribution in [2.75, 3.05) is 18.8 Å². The Morgan fingerprint density at radius 3 is 2.96 bits per heavy atom. The van der Waals surface area contributed by atoms with E-state index in [2.05, 4.69) is 10.2 Å². The average Bonchev–Trinajstić information content (AvgIpc) is 3.31. The summed E-state index contributed by atoms with van der Waals surface area (Å²) >= 11 is 1.54. The first-order valence-corrected chi connectivity index (χ1v) is 9.62. The molecule has 1 amide bonds. The van der Waals surface area contributed by atoms with E-state index in [1.807, 2.05) is 0 Å². The van der Waals surface area contributed by atoms with E-state index in [-0.39, 0.29) is 11.2 Å². The van der Waals surface area contributed by atoms with Crippen LogP contribution in [0.1, 0.15) is 27.7 Å². The zero-order chi connectivity index (χ0) is 18.8. The first kappa shape index (κ1) is 17.8. The number of aromatic nitrogens is 2. The van der Waals surface area contributed by atoms with Gasteiger partial charge in [0.2, 0.25) is 0 Å². The number of thioether (sulfide) groups is 1. The number of nitrogens with one attached hydrogen (secondary N) is 1. The van der Waals surface area contributed by atoms with Crippen LogP contribution in [0, 0.1) is 11.6 Å². The highest BCUT2D eigenvalue weighted by atomic mass is 32.2. The third kappa shape index (κ3) is 3.75. The summed E-state index contributed by atoms with van der Waals surface area (Å²) in [7, 11) is 0. The molecule has 1 saturated heterocycles. The fourth-order valence-corrected chi connectivity index (χ4v) is 4.38. The fourth-order valence-electron chi connectivity index (χ4n) is 3.13. The zero-order valence-electron chi connectivity index (χ0n) is 14.3. The van der Waals surface area contributed by atoms with Crippen molar-refractivity contribution in [2.45, 2.75) is 11.7 Å². The van der Waals surface area contributed by atoms with Crippen molar-refractivity contribution in [2.24, 2.45) is 0 Å². The molecule has 1 fully saturated rings. The van der Waals surface area contributed by atoms with Crippen LogP contribution in [0.2, 0.25) is 0 Å². The second-order valence-electron chi connectivity index (χ2n) is 6.25. The average molecular weight is 389 g/mol. The molecule has 3 aromatic rings. The molecule has 0 bridgehead atoms. The van der Waals surface area contributed by atoms with Gasteiger partial charge >= 0.3 is 0 Å². The van der Waals surface area contributed by atoms with E-state index in [1.54, 1.807) is 29.4 Å². The first-order chi connectivity index (χ1) is 13.1. The Labute approximate surface area is 158 Å². The molecule has 2 aromatic heterocycles. The SMILES string of the molecule is O=C(c1cc(-c2ccco2)[nH]n1)N1CCS[C@H](c2cc(F)ccc2F)CC1. The number of carbonyl (C=O) groups excluding carboxylic acids is 1. The van der Waals surface area contributed by atoms with Crippen molar-refractivity contribution in [3.05, 3.63) is 65.6 Å². The Balaban J connectivity index is 1.46. The lowest BCUT2D eigenvalue weighted by atomic mass is 10.1. The lowest BCUT2D eigenvalue weighted by Crippen LogP contribution is -2.33. The van der Waals surface area contributed by atoms with Crippen LogP contribution in [-0.2, 0) is 0 Å². The van der Waals surface area contributed by atoms with Crippen molar-refractivity contribution < 1.29 is 18.0 Å². The summed E-state index contributed by atoms with van der Waals surface area (Å²) in [6.45, 7) is 0.981. The summed E-state index contributed by atoms with van der Waals surface area (Å²) in [6, 6.07) is 8.71. The number of halogens is 2. The maximum atomic E-state index is 14.1. The van der Waals surface area contributed by atoms with Gasteiger partial charge in [-0.25, -0.2) is 8.78 Å². The highest BCUT2D eigenvalue weighted by Gasteiger charge is 2.26. The summed E-state index contributed by atoms with van der Waals surface area (Å²) < 4.78 is 32.8. The van der Waals surface area contributed by atoms with E-state index in [9.17, 15) is 13.6 Å². The monoisotopic (exact) mass is 389 g/mol. The van der Waals surface area contributed by atoms with Gasteiger partial charge in [-0.1, -0.05) is 0 Å². The number of nitrogens with zero attached hydrogens (tertiary/aromatic N) is 2. The van der Waals surface area contributed by atoms with Crippen LogP contribution in [0.15, 0.2) is 47.1 Å². The molecule has 5 nitrogen and oxygen atoms in total. The van der Waals surface area contributed by atoms with Gasteiger partial charge in [0.05, 0.1) is 6.26 Å². The summed E-state index contributed by atoms with van der Waals surface area (Å²) in [6.07, 6.45) is 2.10. The predicted octanol–water partition coefficient (Wildman–Crippen LogP) is 4.27. The van der Waals surface area contributed by atoms with Crippen LogP contribution >= 0.6 is 11.8 Å². The van der Waals surface area contributed by atoms with E-state index in [1.165, 1.54) is 17.8 Å². The molecule has 1 aromatic carbocycles. The second kappa shape index (κ2) is 7.56. The van der Waals surface area contributed by atoms with Crippen LogP contribution in [0.5, 0.6) is 0 Å². The van der Waals surface area contributed by atoms with Gasteiger partial charge in [0, 0.05) is 35.7 Å². The van der Waals surface area contributed by atoms with Gasteiger partial charge in [-0.2, -0.15) is 16.9 Å². The van der Waals surface area contributed by atoms with Gasteiger partial charge in [0.1, 0.15) is 17.3 Å². The Kier molecular flexibility index (Phi) is 4.98. The number of H-pyrrole nitrogens is 1. The molecule has 1 aliphatic heterocycles. The number of aromatic amines is 1. The van der Waals surface area contributed by atoms with Crippen LogP contribution in [-0.4, -0.2) is 39.8 Å². The summed E-state index contributed by atoms with van der Waals surface area (Å²) in [5.41, 5.74) is 1.29. The Bertz CT molecular complexity index is 942. The number of hydrogen-bond donors (Lipinski definition) is 1. The molecular formula is C19H17F2N3O2S. The van der Waals surface area contributed by atoms with E-state index in [4.69, 9.17) is 4.42 Å². The zero-order valence-corrected chi connectivity index (χ0v) is 15.1. The maximum Gasteiger partial charge on any atom is 0.274 e. The van der Waals surface area contributed by atoms with Gasteiger partial charge in [0.25, 0.3) is 5.91 Å². The molecule has 3 heterocycles. The Hall–Kier alpha value is -2.61. The third-order valence-electron chi connectivity index (χ3n) is 4.52. The van der Waals surface area contributed by atoms with Gasteiger partial charge in [0.15, 0.2) is 11.5 Å². The molecule has 0 radical (unpaired) electrons. The summed E-state index contributed by atoms with van der Waals surface area (Å²) in [4.78, 5) is 14.5. The van der Waals surface area contributed by atoms with Crippen LogP contribution in [0.3, 0.4) is 0 Å². The molecule has 1 atom stereocenters. The first-order valence-electron chi connectivity index (χ1n) is 8.57. The molecule has 0 unspecified atom stereocenters. The van der Waals surface area contributed by atoms with Crippen LogP contribution < -0.4 is 0 Å². The largest absolute Gasteiger partial charge is 0.463 e. The topological polar surface area (TPSA) is 62.1 Å². The third-order valence-corrected chi connectivity index (χ3v) is 5.83. The number of benzene rings is 1. The molecule has 140 valence electrons. The predicted molar refractivity (Wildman–Crippen MR) is 98.4 cm³/mol. The minimum atomic E-state index is -0.453. The van der Waals surface area contributed by atoms with Crippen LogP contribution in [0.25, 0.3) is 11.5 Å². The quantitative estimate of drug-likeness (QED) is 0.727. The standard InChI is InChI=1S/C19H17F2N3O2S/c20-12-3-4-14(21)13(10-12)18-5-6-24(7-9-27-18)19(25)16-11-15(22-23-16)17-2-1-8-26-17/h1-4,8,10-11,18H,5-7,9H2,(H,22,23)/t18-/m0/s1. The number of carbonyl (C=O) groups is 1. The van der Waals surface area contributed by atoms with Crippen LogP contribution in [0.4, 0.5) is 8.78 Å². The smallest absolute Gasteiger partial charge is 0.274 e. The molecule has 8 heteroatoms. The number of furan rings is 1. The van der Waals surface area contributed by atoms with Crippen molar-refractivity contribution in [1.82, 2.24) is 15.1 Å². The van der Waals surface area contributed by atoms with Crippen molar-refractivity contribution in [3.8, 4) is 11.5 Å². The van der Waals surface area contributed by atoms with E-state index in [0.29, 0.717) is 48.0 Å². The highest BCUT2D eigenvalue weighted by Crippen LogP contribution is 2.36. The molecule has 4 rings (SSSR count). The minimum Gasteiger partial charge on any atom is -0.463 e. The number of rotatable bonds is 3. The van der Waals surface area contributed by atoms with Crippen molar-refractivity contribution in [1.29, 1.82) is 0 Å². The van der Waals surface area contributed by atoms with E-state index < -0.39 is 11.6 Å². The molecule has 27 heavy (non-hydrogen) atoms. The Morgan fingerprint density at radius 2 is 2.15 bits per heavy atom. The molecule has 1 aliphatic rings. The van der Waals surface area contributed by atoms with Crippen molar-refractivity contribution in [3.63, 3.8) is 0 Å². The summed E-state index contributed by atoms with van der Waals surface area (Å²) in [5, 5.41) is 6.71. The fraction of sp³-hybridized carbons (Fsp3) is 0.263. The highest BCUT2D eigenvalue weighted by molar-refractivity contribution is 7.99. The molecule has 0 spiro atoms. The lowest BCUT2D eigenvalue weighted by molar-refractivity contribution is 0.0760. The number of amides is 1. The molecule has 1 N–H and O–H groups in total. The number of hydrogen-bond acceptors (Lipinski definition) is 4. The summed E-state index contributed by atoms with van der Waals surface area (Å²) in [5.74, 6) is 0.191. The van der Waals surface area contributed by atoms with Gasteiger partial charge in [-0.05, 0) is 36.8 Å². The molecule has 0 saturated carbocycles. The van der Waals surface area contributed by atoms with E-state index in [0.717, 1.165) is 12.1 Å². The van der Waals surface area contributed by atoms with Gasteiger partial charge in [-0.3, -0.25) is 9.89 Å². The Morgan fingerprint density at radius 1 is 1.26 bits per heavy atom. The van der Waals surface area contributed by atoms with Gasteiger partial charge < -0.3 is 9.32 Å². The maximum absolute atomic E-state index is 14.1. The molecular weight excluding hydrogens is 372 g/mol. The normalized spacial score (nSPS) is 17.7. The molecule has 0 aliphatic carbocycles. The lowest BCUT2D eigenvalue weighted by Gasteiger charge is -2.19. The van der Waals surface area contributed by atoms with Crippen molar-refractivity contribution >= 4 is 17.7 Å². The van der Waals surface area contributed by atoms with E-state index >= 15 is 0 Å².